The van der Waals surface area contributed by atoms with Crippen molar-refractivity contribution in [3.8, 4) is 0 Å². The van der Waals surface area contributed by atoms with Crippen molar-refractivity contribution in [2.75, 3.05) is 20.5 Å². The van der Waals surface area contributed by atoms with Crippen LogP contribution in [0.15, 0.2) is 0 Å². The van der Waals surface area contributed by atoms with Crippen molar-refractivity contribution in [2.45, 2.75) is 44.3 Å². The third kappa shape index (κ3) is 1.02. The molecule has 1 saturated heterocycles. The molecule has 1 heterocycles. The summed E-state index contributed by atoms with van der Waals surface area (Å²) in [6.07, 6.45) is 5.97. The Morgan fingerprint density at radius 2 is 2.29 bits per heavy atom. The van der Waals surface area contributed by atoms with Crippen molar-refractivity contribution in [3.63, 3.8) is 0 Å². The summed E-state index contributed by atoms with van der Waals surface area (Å²) in [4.78, 5) is 0. The summed E-state index contributed by atoms with van der Waals surface area (Å²) in [6.45, 7) is 3.64. The van der Waals surface area contributed by atoms with Crippen LogP contribution in [-0.4, -0.2) is 32.2 Å². The maximum Gasteiger partial charge on any atom is 0.146 e. The molecule has 5 fully saturated rings. The minimum Gasteiger partial charge on any atom is -0.370 e. The van der Waals surface area contributed by atoms with Crippen molar-refractivity contribution in [3.05, 3.63) is 0 Å². The van der Waals surface area contributed by atoms with E-state index in [2.05, 4.69) is 6.92 Å². The Hall–Kier alpha value is -0.120. The van der Waals surface area contributed by atoms with Crippen LogP contribution in [0.4, 0.5) is 0 Å². The average Bonchev–Trinajstić information content (AvgIpc) is 2.92. The van der Waals surface area contributed by atoms with E-state index in [0.717, 1.165) is 30.8 Å². The van der Waals surface area contributed by atoms with Gasteiger partial charge >= 0.3 is 0 Å². The van der Waals surface area contributed by atoms with Crippen LogP contribution in [-0.2, 0) is 14.2 Å². The predicted molar refractivity (Wildman–Crippen MR) is 62.5 cm³/mol. The van der Waals surface area contributed by atoms with E-state index in [4.69, 9.17) is 14.2 Å². The lowest BCUT2D eigenvalue weighted by molar-refractivity contribution is -0.209. The minimum atomic E-state index is 0.243. The van der Waals surface area contributed by atoms with Gasteiger partial charge in [0.05, 0.1) is 11.7 Å². The van der Waals surface area contributed by atoms with Gasteiger partial charge in [0.2, 0.25) is 0 Å². The molecule has 0 amide bonds. The van der Waals surface area contributed by atoms with Gasteiger partial charge in [-0.25, -0.2) is 0 Å². The predicted octanol–water partition coefficient (Wildman–Crippen LogP) is 2.20. The summed E-state index contributed by atoms with van der Waals surface area (Å²) in [7, 11) is 1.68. The third-order valence-electron chi connectivity index (χ3n) is 6.27. The maximum atomic E-state index is 6.19. The van der Waals surface area contributed by atoms with Crippen LogP contribution < -0.4 is 0 Å². The van der Waals surface area contributed by atoms with E-state index in [-0.39, 0.29) is 5.60 Å². The van der Waals surface area contributed by atoms with Gasteiger partial charge in [0.25, 0.3) is 0 Å². The second kappa shape index (κ2) is 3.25. The zero-order valence-electron chi connectivity index (χ0n) is 10.8. The zero-order valence-corrected chi connectivity index (χ0v) is 10.8. The third-order valence-corrected chi connectivity index (χ3v) is 6.27. The van der Waals surface area contributed by atoms with Gasteiger partial charge in [0.1, 0.15) is 6.79 Å². The van der Waals surface area contributed by atoms with Crippen LogP contribution in [0.2, 0.25) is 0 Å². The van der Waals surface area contributed by atoms with Gasteiger partial charge < -0.3 is 14.2 Å². The molecule has 0 radical (unpaired) electrons. The smallest absolute Gasteiger partial charge is 0.146 e. The van der Waals surface area contributed by atoms with E-state index < -0.39 is 0 Å². The Morgan fingerprint density at radius 1 is 1.41 bits per heavy atom. The molecular formula is C14H22O3. The second-order valence-electron chi connectivity index (χ2n) is 6.60. The number of hydrogen-bond acceptors (Lipinski definition) is 3. The fraction of sp³-hybridized carbons (Fsp3) is 1.00. The normalized spacial score (nSPS) is 56.8. The molecule has 0 aromatic carbocycles. The number of rotatable bonds is 6. The SMILES string of the molecule is COCOCCC[C@]12CC3CC1C1O[C@@]2(C)C31. The Morgan fingerprint density at radius 3 is 2.94 bits per heavy atom. The van der Waals surface area contributed by atoms with E-state index in [9.17, 15) is 0 Å². The first-order chi connectivity index (χ1) is 8.23. The molecule has 4 saturated carbocycles. The van der Waals surface area contributed by atoms with Crippen LogP contribution in [0.5, 0.6) is 0 Å². The van der Waals surface area contributed by atoms with E-state index in [1.54, 1.807) is 7.11 Å². The van der Waals surface area contributed by atoms with E-state index in [1.165, 1.54) is 19.3 Å². The maximum absolute atomic E-state index is 6.19. The fourth-order valence-corrected chi connectivity index (χ4v) is 5.89. The van der Waals surface area contributed by atoms with Gasteiger partial charge in [0, 0.05) is 25.0 Å². The Kier molecular flexibility index (Phi) is 2.06. The first-order valence-corrected chi connectivity index (χ1v) is 6.97. The number of hydrogen-bond donors (Lipinski definition) is 0. The highest BCUT2D eigenvalue weighted by atomic mass is 16.7. The standard InChI is InChI=1S/C14H22O3/c1-13-11-9-6-10(12(11)17-13)14(13,7-9)4-3-5-16-8-15-2/h9-12H,3-8H2,1-2H3/t9?,10?,11?,12?,13-,14-/m0/s1. The Labute approximate surface area is 103 Å². The lowest BCUT2D eigenvalue weighted by Crippen LogP contribution is -2.52. The molecule has 5 rings (SSSR count). The van der Waals surface area contributed by atoms with E-state index in [0.29, 0.717) is 18.3 Å². The van der Waals surface area contributed by atoms with Crippen molar-refractivity contribution < 1.29 is 14.2 Å². The average molecular weight is 238 g/mol. The molecular weight excluding hydrogens is 216 g/mol. The molecule has 4 aliphatic carbocycles. The van der Waals surface area contributed by atoms with Crippen molar-refractivity contribution >= 4 is 0 Å². The van der Waals surface area contributed by atoms with Gasteiger partial charge in [-0.15, -0.1) is 0 Å². The lowest BCUT2D eigenvalue weighted by Gasteiger charge is -2.46. The van der Waals surface area contributed by atoms with Crippen LogP contribution in [0.1, 0.15) is 32.6 Å². The summed E-state index contributed by atoms with van der Waals surface area (Å²) >= 11 is 0. The Balaban J connectivity index is 1.41. The van der Waals surface area contributed by atoms with Gasteiger partial charge in [-0.05, 0) is 44.4 Å². The molecule has 3 nitrogen and oxygen atoms in total. The van der Waals surface area contributed by atoms with Crippen molar-refractivity contribution in [1.29, 1.82) is 0 Å². The Bertz CT molecular complexity index is 342. The van der Waals surface area contributed by atoms with Gasteiger partial charge in [0.15, 0.2) is 0 Å². The van der Waals surface area contributed by atoms with Crippen molar-refractivity contribution in [1.82, 2.24) is 0 Å². The van der Waals surface area contributed by atoms with Crippen molar-refractivity contribution in [2.24, 2.45) is 23.2 Å². The highest BCUT2D eigenvalue weighted by Crippen LogP contribution is 2.83. The summed E-state index contributed by atoms with van der Waals surface area (Å²) < 4.78 is 16.5. The highest BCUT2D eigenvalue weighted by molar-refractivity contribution is 5.33. The summed E-state index contributed by atoms with van der Waals surface area (Å²) in [5.74, 6) is 2.78. The van der Waals surface area contributed by atoms with E-state index in [1.807, 2.05) is 0 Å². The molecule has 1 aliphatic heterocycles. The summed E-state index contributed by atoms with van der Waals surface area (Å²) in [5, 5.41) is 0. The fourth-order valence-electron chi connectivity index (χ4n) is 5.89. The largest absolute Gasteiger partial charge is 0.370 e. The first kappa shape index (κ1) is 10.8. The monoisotopic (exact) mass is 238 g/mol. The molecule has 0 aromatic heterocycles. The lowest BCUT2D eigenvalue weighted by atomic mass is 9.69. The number of ether oxygens (including phenoxy) is 3. The molecule has 5 aliphatic rings. The molecule has 3 heteroatoms. The van der Waals surface area contributed by atoms with Gasteiger partial charge in [-0.1, -0.05) is 0 Å². The summed E-state index contributed by atoms with van der Waals surface area (Å²) in [6, 6.07) is 0. The highest BCUT2D eigenvalue weighted by Gasteiger charge is 2.85. The molecule has 0 aromatic rings. The molecule has 6 bridgehead atoms. The molecule has 6 atom stereocenters. The van der Waals surface area contributed by atoms with E-state index >= 15 is 0 Å². The summed E-state index contributed by atoms with van der Waals surface area (Å²) in [5.41, 5.74) is 0.760. The van der Waals surface area contributed by atoms with Gasteiger partial charge in [-0.2, -0.15) is 0 Å². The molecule has 0 N–H and O–H groups in total. The second-order valence-corrected chi connectivity index (χ2v) is 6.60. The molecule has 17 heavy (non-hydrogen) atoms. The molecule has 96 valence electrons. The quantitative estimate of drug-likeness (QED) is 0.524. The van der Waals surface area contributed by atoms with Crippen LogP contribution in [0.25, 0.3) is 0 Å². The minimum absolute atomic E-state index is 0.243. The first-order valence-electron chi connectivity index (χ1n) is 6.97. The van der Waals surface area contributed by atoms with Crippen LogP contribution >= 0.6 is 0 Å². The molecule has 0 spiro atoms. The van der Waals surface area contributed by atoms with Gasteiger partial charge in [-0.3, -0.25) is 0 Å². The van der Waals surface area contributed by atoms with Crippen LogP contribution in [0.3, 0.4) is 0 Å². The topological polar surface area (TPSA) is 27.7 Å². The zero-order chi connectivity index (χ0) is 11.7. The number of methoxy groups -OCH3 is 1. The molecule has 4 unspecified atom stereocenters. The van der Waals surface area contributed by atoms with Crippen LogP contribution in [0, 0.1) is 23.2 Å².